The summed E-state index contributed by atoms with van der Waals surface area (Å²) in [5.74, 6) is -0.0973. The quantitative estimate of drug-likeness (QED) is 0.711. The number of nitrogens with one attached hydrogen (secondary N) is 1. The maximum atomic E-state index is 11.9. The third-order valence-electron chi connectivity index (χ3n) is 3.15. The highest BCUT2D eigenvalue weighted by atomic mass is 16.5. The lowest BCUT2D eigenvalue weighted by molar-refractivity contribution is -0.119. The molecule has 0 aliphatic carbocycles. The smallest absolute Gasteiger partial charge is 0.249 e. The number of nitriles is 1. The van der Waals surface area contributed by atoms with Crippen molar-refractivity contribution in [1.82, 2.24) is 0 Å². The average Bonchev–Trinajstić information content (AvgIpc) is 2.39. The molecule has 0 spiro atoms. The minimum absolute atomic E-state index is 0.0973. The molecule has 3 rings (SSSR count). The number of amides is 1. The van der Waals surface area contributed by atoms with E-state index in [0.29, 0.717) is 31.0 Å². The number of nitrogens with zero attached hydrogens (tertiary/aromatic N) is 2. The number of anilines is 2. The van der Waals surface area contributed by atoms with Gasteiger partial charge in [0.25, 0.3) is 0 Å². The monoisotopic (exact) mass is 229 g/mol. The topological polar surface area (TPSA) is 65.4 Å². The number of hydrogen-bond donors (Lipinski definition) is 1. The largest absolute Gasteiger partial charge is 0.377 e. The zero-order valence-corrected chi connectivity index (χ0v) is 9.14. The first kappa shape index (κ1) is 10.1. The van der Waals surface area contributed by atoms with Crippen LogP contribution in [-0.2, 0) is 9.53 Å². The molecule has 1 aromatic rings. The van der Waals surface area contributed by atoms with Crippen LogP contribution in [0, 0.1) is 11.3 Å². The van der Waals surface area contributed by atoms with Crippen molar-refractivity contribution in [3.05, 3.63) is 23.8 Å². The second kappa shape index (κ2) is 3.75. The zero-order chi connectivity index (χ0) is 11.8. The van der Waals surface area contributed by atoms with Gasteiger partial charge in [-0.05, 0) is 12.1 Å². The average molecular weight is 229 g/mol. The Morgan fingerprint density at radius 2 is 2.41 bits per heavy atom. The first-order valence-electron chi connectivity index (χ1n) is 5.49. The summed E-state index contributed by atoms with van der Waals surface area (Å²) in [7, 11) is 0. The van der Waals surface area contributed by atoms with Crippen LogP contribution in [0.2, 0.25) is 0 Å². The number of fused-ring (bicyclic) bond motifs is 3. The van der Waals surface area contributed by atoms with Gasteiger partial charge in [-0.15, -0.1) is 0 Å². The SMILES string of the molecule is N#Cc1cccc2c1NC(=O)C1COCCN21. The van der Waals surface area contributed by atoms with Gasteiger partial charge < -0.3 is 15.0 Å². The van der Waals surface area contributed by atoms with Crippen molar-refractivity contribution >= 4 is 17.3 Å². The maximum Gasteiger partial charge on any atom is 0.249 e. The van der Waals surface area contributed by atoms with Gasteiger partial charge in [-0.3, -0.25) is 4.79 Å². The van der Waals surface area contributed by atoms with Crippen molar-refractivity contribution in [2.45, 2.75) is 6.04 Å². The fourth-order valence-corrected chi connectivity index (χ4v) is 2.32. The highest BCUT2D eigenvalue weighted by Gasteiger charge is 2.36. The summed E-state index contributed by atoms with van der Waals surface area (Å²) in [5, 5.41) is 11.8. The van der Waals surface area contributed by atoms with Gasteiger partial charge in [0.05, 0.1) is 30.2 Å². The molecule has 1 fully saturated rings. The Hall–Kier alpha value is -2.06. The maximum absolute atomic E-state index is 11.9. The summed E-state index contributed by atoms with van der Waals surface area (Å²) in [4.78, 5) is 13.9. The molecule has 0 bridgehead atoms. The van der Waals surface area contributed by atoms with Crippen molar-refractivity contribution in [2.24, 2.45) is 0 Å². The molecular formula is C12H11N3O2. The van der Waals surface area contributed by atoms with Crippen LogP contribution in [0.15, 0.2) is 18.2 Å². The van der Waals surface area contributed by atoms with Gasteiger partial charge in [-0.1, -0.05) is 6.07 Å². The highest BCUT2D eigenvalue weighted by Crippen LogP contribution is 2.35. The van der Waals surface area contributed by atoms with Crippen LogP contribution in [0.5, 0.6) is 0 Å². The molecule has 0 radical (unpaired) electrons. The van der Waals surface area contributed by atoms with Crippen LogP contribution in [-0.4, -0.2) is 31.7 Å². The minimum Gasteiger partial charge on any atom is -0.377 e. The third-order valence-corrected chi connectivity index (χ3v) is 3.15. The third kappa shape index (κ3) is 1.46. The van der Waals surface area contributed by atoms with Crippen LogP contribution in [0.25, 0.3) is 0 Å². The Bertz CT molecular complexity index is 521. The Balaban J connectivity index is 2.12. The fourth-order valence-electron chi connectivity index (χ4n) is 2.32. The zero-order valence-electron chi connectivity index (χ0n) is 9.14. The molecule has 1 aromatic carbocycles. The van der Waals surface area contributed by atoms with E-state index < -0.39 is 0 Å². The van der Waals surface area contributed by atoms with Crippen molar-refractivity contribution in [1.29, 1.82) is 5.26 Å². The van der Waals surface area contributed by atoms with Crippen LogP contribution >= 0.6 is 0 Å². The lowest BCUT2D eigenvalue weighted by atomic mass is 10.0. The summed E-state index contributed by atoms with van der Waals surface area (Å²) in [6, 6.07) is 7.29. The van der Waals surface area contributed by atoms with Gasteiger partial charge in [-0.25, -0.2) is 0 Å². The molecule has 1 N–H and O–H groups in total. The Kier molecular flexibility index (Phi) is 2.23. The summed E-state index contributed by atoms with van der Waals surface area (Å²) < 4.78 is 5.31. The molecule has 1 saturated heterocycles. The van der Waals surface area contributed by atoms with E-state index in [9.17, 15) is 4.79 Å². The highest BCUT2D eigenvalue weighted by molar-refractivity contribution is 6.05. The van der Waals surface area contributed by atoms with Gasteiger partial charge >= 0.3 is 0 Å². The summed E-state index contributed by atoms with van der Waals surface area (Å²) in [5.41, 5.74) is 2.04. The second-order valence-electron chi connectivity index (χ2n) is 4.08. The van der Waals surface area contributed by atoms with Crippen molar-refractivity contribution < 1.29 is 9.53 Å². The lowest BCUT2D eigenvalue weighted by Gasteiger charge is -2.40. The summed E-state index contributed by atoms with van der Waals surface area (Å²) in [6.07, 6.45) is 0. The van der Waals surface area contributed by atoms with E-state index in [-0.39, 0.29) is 11.9 Å². The molecule has 1 amide bonds. The van der Waals surface area contributed by atoms with Crippen molar-refractivity contribution in [2.75, 3.05) is 30.0 Å². The fraction of sp³-hybridized carbons (Fsp3) is 0.333. The normalized spacial score (nSPS) is 22.2. The summed E-state index contributed by atoms with van der Waals surface area (Å²) in [6.45, 7) is 1.70. The van der Waals surface area contributed by atoms with Crippen molar-refractivity contribution in [3.8, 4) is 6.07 Å². The number of hydrogen-bond acceptors (Lipinski definition) is 4. The Morgan fingerprint density at radius 3 is 3.24 bits per heavy atom. The van der Waals surface area contributed by atoms with Gasteiger partial charge in [0.2, 0.25) is 5.91 Å². The van der Waals surface area contributed by atoms with Crippen LogP contribution in [0.4, 0.5) is 11.4 Å². The molecule has 86 valence electrons. The van der Waals surface area contributed by atoms with E-state index in [1.165, 1.54) is 0 Å². The molecule has 1 atom stereocenters. The second-order valence-corrected chi connectivity index (χ2v) is 4.08. The van der Waals surface area contributed by atoms with Crippen molar-refractivity contribution in [3.63, 3.8) is 0 Å². The van der Waals surface area contributed by atoms with Gasteiger partial charge in [0.1, 0.15) is 12.1 Å². The molecule has 17 heavy (non-hydrogen) atoms. The predicted octanol–water partition coefficient (Wildman–Crippen LogP) is 0.716. The molecule has 1 unspecified atom stereocenters. The first-order valence-corrected chi connectivity index (χ1v) is 5.49. The van der Waals surface area contributed by atoms with Crippen LogP contribution < -0.4 is 10.2 Å². The molecule has 5 heteroatoms. The number of rotatable bonds is 0. The molecule has 0 aromatic heterocycles. The Labute approximate surface area is 98.6 Å². The summed E-state index contributed by atoms with van der Waals surface area (Å²) >= 11 is 0. The van der Waals surface area contributed by atoms with E-state index in [0.717, 1.165) is 5.69 Å². The number of carbonyl (C=O) groups is 1. The number of ether oxygens (including phenoxy) is 1. The molecule has 5 nitrogen and oxygen atoms in total. The van der Waals surface area contributed by atoms with E-state index in [1.807, 2.05) is 17.0 Å². The van der Waals surface area contributed by atoms with E-state index in [1.54, 1.807) is 6.07 Å². The number of para-hydroxylation sites is 1. The van der Waals surface area contributed by atoms with Gasteiger partial charge in [0.15, 0.2) is 0 Å². The predicted molar refractivity (Wildman–Crippen MR) is 61.7 cm³/mol. The van der Waals surface area contributed by atoms with Gasteiger partial charge in [-0.2, -0.15) is 5.26 Å². The first-order chi connectivity index (χ1) is 8.31. The number of benzene rings is 1. The van der Waals surface area contributed by atoms with Gasteiger partial charge in [0, 0.05) is 6.54 Å². The molecule has 2 aliphatic rings. The van der Waals surface area contributed by atoms with E-state index in [4.69, 9.17) is 10.00 Å². The molecular weight excluding hydrogens is 218 g/mol. The van der Waals surface area contributed by atoms with Crippen LogP contribution in [0.1, 0.15) is 5.56 Å². The van der Waals surface area contributed by atoms with E-state index in [2.05, 4.69) is 11.4 Å². The standard InChI is InChI=1S/C12H11N3O2/c13-6-8-2-1-3-9-11(8)14-12(16)10-7-17-5-4-15(9)10/h1-3,10H,4-5,7H2,(H,14,16). The lowest BCUT2D eigenvalue weighted by Crippen LogP contribution is -2.55. The minimum atomic E-state index is -0.273. The Morgan fingerprint density at radius 1 is 1.53 bits per heavy atom. The van der Waals surface area contributed by atoms with Crippen LogP contribution in [0.3, 0.4) is 0 Å². The number of carbonyl (C=O) groups excluding carboxylic acids is 1. The number of morpholine rings is 1. The molecule has 0 saturated carbocycles. The molecule has 2 heterocycles. The molecule has 2 aliphatic heterocycles. The van der Waals surface area contributed by atoms with E-state index >= 15 is 0 Å².